The fourth-order valence-corrected chi connectivity index (χ4v) is 4.30. The van der Waals surface area contributed by atoms with Gasteiger partial charge in [0.15, 0.2) is 0 Å². The van der Waals surface area contributed by atoms with Crippen LogP contribution in [-0.4, -0.2) is 66.7 Å². The Labute approximate surface area is 153 Å². The molecule has 142 valence electrons. The number of nitrogens with zero attached hydrogens (tertiary/aromatic N) is 2. The second kappa shape index (κ2) is 7.15. The third-order valence-electron chi connectivity index (χ3n) is 5.91. The molecule has 0 aromatic heterocycles. The molecule has 0 radical (unpaired) electrons. The maximum Gasteiger partial charge on any atom is 0.309 e. The molecule has 2 fully saturated rings. The lowest BCUT2D eigenvalue weighted by atomic mass is 9.77. The molecule has 0 unspecified atom stereocenters. The van der Waals surface area contributed by atoms with Crippen molar-refractivity contribution in [3.05, 3.63) is 23.8 Å². The number of hydrogen-bond acceptors (Lipinski definition) is 5. The minimum Gasteiger partial charge on any atom is -0.497 e. The summed E-state index contributed by atoms with van der Waals surface area (Å²) in [5.74, 6) is -0.0454. The molecule has 2 aliphatic rings. The number of carboxylic acids is 1. The summed E-state index contributed by atoms with van der Waals surface area (Å²) in [7, 11) is 5.00. The molecule has 1 aromatic rings. The minimum atomic E-state index is -0.867. The summed E-state index contributed by atoms with van der Waals surface area (Å²) < 4.78 is 10.6. The van der Waals surface area contributed by atoms with Crippen LogP contribution >= 0.6 is 0 Å². The van der Waals surface area contributed by atoms with Crippen molar-refractivity contribution in [3.63, 3.8) is 0 Å². The first-order chi connectivity index (χ1) is 12.4. The predicted molar refractivity (Wildman–Crippen MR) is 95.3 cm³/mol. The van der Waals surface area contributed by atoms with E-state index < -0.39 is 17.4 Å². The van der Waals surface area contributed by atoms with Crippen molar-refractivity contribution in [1.29, 1.82) is 0 Å². The van der Waals surface area contributed by atoms with E-state index in [-0.39, 0.29) is 12.3 Å². The van der Waals surface area contributed by atoms with E-state index in [9.17, 15) is 14.7 Å². The summed E-state index contributed by atoms with van der Waals surface area (Å²) in [5.41, 5.74) is 0.536. The average Bonchev–Trinajstić information content (AvgIpc) is 2.88. The molecule has 1 aromatic carbocycles. The zero-order valence-electron chi connectivity index (χ0n) is 15.5. The lowest BCUT2D eigenvalue weighted by Crippen LogP contribution is -2.55. The van der Waals surface area contributed by atoms with Gasteiger partial charge in [-0.25, -0.2) is 0 Å². The number of ether oxygens (including phenoxy) is 2. The van der Waals surface area contributed by atoms with Gasteiger partial charge in [-0.1, -0.05) is 0 Å². The summed E-state index contributed by atoms with van der Waals surface area (Å²) >= 11 is 0. The molecular weight excluding hydrogens is 336 g/mol. The number of carboxylic acid groups (broad SMARTS) is 1. The summed E-state index contributed by atoms with van der Waals surface area (Å²) in [4.78, 5) is 27.7. The van der Waals surface area contributed by atoms with E-state index >= 15 is 0 Å². The average molecular weight is 362 g/mol. The van der Waals surface area contributed by atoms with Crippen LogP contribution in [0.4, 0.5) is 0 Å². The number of benzene rings is 1. The molecule has 1 spiro atoms. The van der Waals surface area contributed by atoms with Crippen LogP contribution in [0.25, 0.3) is 0 Å². The molecule has 0 bridgehead atoms. The summed E-state index contributed by atoms with van der Waals surface area (Å²) in [5, 5.41) is 9.56. The van der Waals surface area contributed by atoms with E-state index in [1.54, 1.807) is 26.2 Å². The van der Waals surface area contributed by atoms with Gasteiger partial charge in [0.05, 0.1) is 25.7 Å². The van der Waals surface area contributed by atoms with Crippen LogP contribution in [0.3, 0.4) is 0 Å². The quantitative estimate of drug-likeness (QED) is 0.857. The predicted octanol–water partition coefficient (Wildman–Crippen LogP) is 1.60. The highest BCUT2D eigenvalue weighted by atomic mass is 16.5. The summed E-state index contributed by atoms with van der Waals surface area (Å²) in [6.45, 7) is 2.24. The Hall–Kier alpha value is -2.28. The summed E-state index contributed by atoms with van der Waals surface area (Å²) in [6.07, 6.45) is 1.46. The Bertz CT molecular complexity index is 675. The smallest absolute Gasteiger partial charge is 0.309 e. The normalized spacial score (nSPS) is 22.7. The highest BCUT2D eigenvalue weighted by Crippen LogP contribution is 2.43. The summed E-state index contributed by atoms with van der Waals surface area (Å²) in [6, 6.07) is 5.81. The van der Waals surface area contributed by atoms with Gasteiger partial charge in [0.2, 0.25) is 5.91 Å². The molecule has 3 rings (SSSR count). The van der Waals surface area contributed by atoms with Crippen molar-refractivity contribution < 1.29 is 24.2 Å². The van der Waals surface area contributed by atoms with Crippen LogP contribution in [-0.2, 0) is 16.1 Å². The Kier molecular flexibility index (Phi) is 5.09. The van der Waals surface area contributed by atoms with Crippen LogP contribution < -0.4 is 9.47 Å². The Morgan fingerprint density at radius 3 is 2.27 bits per heavy atom. The van der Waals surface area contributed by atoms with E-state index in [0.717, 1.165) is 36.7 Å². The number of carbonyl (C=O) groups is 2. The highest BCUT2D eigenvalue weighted by Gasteiger charge is 2.55. The topological polar surface area (TPSA) is 79.3 Å². The van der Waals surface area contributed by atoms with Gasteiger partial charge in [-0.15, -0.1) is 0 Å². The Morgan fingerprint density at radius 2 is 1.77 bits per heavy atom. The van der Waals surface area contributed by atoms with Gasteiger partial charge >= 0.3 is 5.97 Å². The lowest BCUT2D eigenvalue weighted by molar-refractivity contribution is -0.146. The molecule has 1 N–H and O–H groups in total. The number of carbonyl (C=O) groups excluding carboxylic acids is 1. The number of methoxy groups -OCH3 is 2. The van der Waals surface area contributed by atoms with Crippen molar-refractivity contribution in [2.75, 3.05) is 34.4 Å². The van der Waals surface area contributed by atoms with E-state index in [2.05, 4.69) is 4.90 Å². The molecule has 2 saturated heterocycles. The molecule has 7 nitrogen and oxygen atoms in total. The second-order valence-corrected chi connectivity index (χ2v) is 7.15. The van der Waals surface area contributed by atoms with Crippen molar-refractivity contribution in [3.8, 4) is 11.5 Å². The molecule has 0 aliphatic carbocycles. The van der Waals surface area contributed by atoms with E-state index in [0.29, 0.717) is 12.8 Å². The first kappa shape index (κ1) is 18.5. The first-order valence-electron chi connectivity index (χ1n) is 8.83. The zero-order chi connectivity index (χ0) is 18.9. The molecular formula is C19H26N2O5. The van der Waals surface area contributed by atoms with Gasteiger partial charge < -0.3 is 19.5 Å². The molecule has 7 heteroatoms. The molecule has 1 atom stereocenters. The van der Waals surface area contributed by atoms with Crippen LogP contribution in [0.2, 0.25) is 0 Å². The van der Waals surface area contributed by atoms with Crippen LogP contribution in [0.15, 0.2) is 18.2 Å². The highest BCUT2D eigenvalue weighted by molar-refractivity contribution is 5.88. The largest absolute Gasteiger partial charge is 0.497 e. The molecule has 26 heavy (non-hydrogen) atoms. The first-order valence-corrected chi connectivity index (χ1v) is 8.83. The van der Waals surface area contributed by atoms with Crippen molar-refractivity contribution in [1.82, 2.24) is 9.80 Å². The third kappa shape index (κ3) is 3.23. The van der Waals surface area contributed by atoms with Gasteiger partial charge in [0.1, 0.15) is 11.5 Å². The van der Waals surface area contributed by atoms with Crippen LogP contribution in [0, 0.1) is 5.92 Å². The number of aliphatic carboxylic acids is 1. The lowest BCUT2D eigenvalue weighted by Gasteiger charge is -2.45. The molecule has 2 heterocycles. The molecule has 0 saturated carbocycles. The van der Waals surface area contributed by atoms with Crippen LogP contribution in [0.5, 0.6) is 11.5 Å². The van der Waals surface area contributed by atoms with Gasteiger partial charge in [-0.05, 0) is 30.5 Å². The van der Waals surface area contributed by atoms with Crippen molar-refractivity contribution in [2.24, 2.45) is 5.92 Å². The van der Waals surface area contributed by atoms with Gasteiger partial charge in [0.25, 0.3) is 0 Å². The van der Waals surface area contributed by atoms with E-state index in [1.807, 2.05) is 18.2 Å². The number of hydrogen-bond donors (Lipinski definition) is 1. The fourth-order valence-electron chi connectivity index (χ4n) is 4.30. The van der Waals surface area contributed by atoms with E-state index in [1.165, 1.54) is 0 Å². The van der Waals surface area contributed by atoms with E-state index in [4.69, 9.17) is 9.47 Å². The Morgan fingerprint density at radius 1 is 1.19 bits per heavy atom. The minimum absolute atomic E-state index is 0.0663. The zero-order valence-corrected chi connectivity index (χ0v) is 15.5. The molecule has 2 aliphatic heterocycles. The number of rotatable bonds is 5. The number of piperidine rings is 1. The SMILES string of the molecule is COc1cc(CN2CCC3(CC2)[C@@H](C(=O)O)CC(=O)N3C)cc(OC)c1. The van der Waals surface area contributed by atoms with Gasteiger partial charge in [-0.3, -0.25) is 14.5 Å². The maximum absolute atomic E-state index is 12.1. The van der Waals surface area contributed by atoms with Crippen molar-refractivity contribution >= 4 is 11.9 Å². The number of amides is 1. The monoisotopic (exact) mass is 362 g/mol. The van der Waals surface area contributed by atoms with Crippen molar-refractivity contribution in [2.45, 2.75) is 31.3 Å². The van der Waals surface area contributed by atoms with Crippen LogP contribution in [0.1, 0.15) is 24.8 Å². The van der Waals surface area contributed by atoms with Gasteiger partial charge in [-0.2, -0.15) is 0 Å². The fraction of sp³-hybridized carbons (Fsp3) is 0.579. The standard InChI is InChI=1S/C19H26N2O5/c1-20-17(22)11-16(18(23)24)19(20)4-6-21(7-5-19)12-13-8-14(25-2)10-15(9-13)26-3/h8-10,16H,4-7,11-12H2,1-3H3,(H,23,24)/t16-/m1/s1. The number of likely N-dealkylation sites (tertiary alicyclic amines) is 2. The third-order valence-corrected chi connectivity index (χ3v) is 5.91. The second-order valence-electron chi connectivity index (χ2n) is 7.15. The molecule has 1 amide bonds. The maximum atomic E-state index is 12.1. The Balaban J connectivity index is 1.71. The van der Waals surface area contributed by atoms with Gasteiger partial charge in [0, 0.05) is 39.2 Å².